The molecular weight excluding hydrogens is 224 g/mol. The van der Waals surface area contributed by atoms with E-state index in [0.29, 0.717) is 12.5 Å². The quantitative estimate of drug-likeness (QED) is 0.862. The average Bonchev–Trinajstić information content (AvgIpc) is 2.84. The Morgan fingerprint density at radius 1 is 1.33 bits per heavy atom. The molecule has 0 radical (unpaired) electrons. The summed E-state index contributed by atoms with van der Waals surface area (Å²) < 4.78 is 0. The van der Waals surface area contributed by atoms with Gasteiger partial charge in [0.05, 0.1) is 5.69 Å². The predicted molar refractivity (Wildman–Crippen MR) is 73.5 cm³/mol. The molecule has 18 heavy (non-hydrogen) atoms. The highest BCUT2D eigenvalue weighted by Crippen LogP contribution is 2.26. The first-order chi connectivity index (χ1) is 8.84. The van der Waals surface area contributed by atoms with Crippen LogP contribution in [0.5, 0.6) is 0 Å². The van der Waals surface area contributed by atoms with E-state index in [9.17, 15) is 4.79 Å². The summed E-state index contributed by atoms with van der Waals surface area (Å²) in [5.74, 6) is 0.199. The summed E-state index contributed by atoms with van der Waals surface area (Å²) in [6.07, 6.45) is 6.89. The largest absolute Gasteiger partial charge is 0.312 e. The molecule has 1 fully saturated rings. The standard InChI is InChI=1S/C15H18N2O/c18-15-9-3-6-12-5-1-2-8-14(12)17(15)11-13-7-4-10-16-13/h1-3,5-6,8,13,16H,4,7,9-11H2. The number of benzene rings is 1. The van der Waals surface area contributed by atoms with Gasteiger partial charge in [-0.2, -0.15) is 0 Å². The molecule has 94 valence electrons. The van der Waals surface area contributed by atoms with Crippen LogP contribution in [0.4, 0.5) is 5.69 Å². The van der Waals surface area contributed by atoms with E-state index in [0.717, 1.165) is 24.3 Å². The van der Waals surface area contributed by atoms with E-state index in [1.807, 2.05) is 29.2 Å². The van der Waals surface area contributed by atoms with E-state index >= 15 is 0 Å². The molecular formula is C15H18N2O. The summed E-state index contributed by atoms with van der Waals surface area (Å²) in [6, 6.07) is 8.57. The van der Waals surface area contributed by atoms with Crippen LogP contribution in [-0.2, 0) is 4.79 Å². The van der Waals surface area contributed by atoms with E-state index in [-0.39, 0.29) is 5.91 Å². The van der Waals surface area contributed by atoms with Crippen molar-refractivity contribution >= 4 is 17.7 Å². The number of carbonyl (C=O) groups is 1. The fraction of sp³-hybridized carbons (Fsp3) is 0.400. The first kappa shape index (κ1) is 11.5. The molecule has 2 aliphatic heterocycles. The van der Waals surface area contributed by atoms with Crippen LogP contribution in [0.1, 0.15) is 24.8 Å². The Labute approximate surface area is 107 Å². The highest BCUT2D eigenvalue weighted by Gasteiger charge is 2.24. The summed E-state index contributed by atoms with van der Waals surface area (Å²) in [4.78, 5) is 14.2. The highest BCUT2D eigenvalue weighted by atomic mass is 16.2. The molecule has 1 amide bonds. The summed E-state index contributed by atoms with van der Waals surface area (Å²) in [7, 11) is 0. The first-order valence-electron chi connectivity index (χ1n) is 6.64. The zero-order valence-electron chi connectivity index (χ0n) is 10.4. The predicted octanol–water partition coefficient (Wildman–Crippen LogP) is 2.19. The van der Waals surface area contributed by atoms with Gasteiger partial charge in [-0.15, -0.1) is 0 Å². The minimum atomic E-state index is 0.199. The summed E-state index contributed by atoms with van der Waals surface area (Å²) >= 11 is 0. The number of nitrogens with zero attached hydrogens (tertiary/aromatic N) is 1. The Balaban J connectivity index is 1.89. The summed E-state index contributed by atoms with van der Waals surface area (Å²) in [5, 5.41) is 3.46. The van der Waals surface area contributed by atoms with Gasteiger partial charge in [0.15, 0.2) is 0 Å². The van der Waals surface area contributed by atoms with Gasteiger partial charge in [-0.3, -0.25) is 4.79 Å². The molecule has 3 heteroatoms. The van der Waals surface area contributed by atoms with Crippen molar-refractivity contribution in [2.45, 2.75) is 25.3 Å². The maximum Gasteiger partial charge on any atom is 0.230 e. The van der Waals surface area contributed by atoms with E-state index < -0.39 is 0 Å². The highest BCUT2D eigenvalue weighted by molar-refractivity contribution is 5.98. The van der Waals surface area contributed by atoms with Crippen molar-refractivity contribution < 1.29 is 4.79 Å². The molecule has 1 N–H and O–H groups in total. The number of anilines is 1. The van der Waals surface area contributed by atoms with E-state index in [1.165, 1.54) is 12.8 Å². The Morgan fingerprint density at radius 3 is 3.06 bits per heavy atom. The number of carbonyl (C=O) groups excluding carboxylic acids is 1. The van der Waals surface area contributed by atoms with Gasteiger partial charge in [0.1, 0.15) is 0 Å². The van der Waals surface area contributed by atoms with Crippen LogP contribution in [0.3, 0.4) is 0 Å². The van der Waals surface area contributed by atoms with Crippen molar-refractivity contribution in [1.29, 1.82) is 0 Å². The van der Waals surface area contributed by atoms with Crippen LogP contribution in [-0.4, -0.2) is 25.0 Å². The van der Waals surface area contributed by atoms with Crippen molar-refractivity contribution in [3.63, 3.8) is 0 Å². The molecule has 1 saturated heterocycles. The molecule has 0 spiro atoms. The zero-order chi connectivity index (χ0) is 12.4. The van der Waals surface area contributed by atoms with Gasteiger partial charge in [0, 0.05) is 19.0 Å². The second-order valence-corrected chi connectivity index (χ2v) is 4.96. The number of amides is 1. The molecule has 1 unspecified atom stereocenters. The topological polar surface area (TPSA) is 32.3 Å². The molecule has 0 aromatic heterocycles. The number of hydrogen-bond acceptors (Lipinski definition) is 2. The summed E-state index contributed by atoms with van der Waals surface area (Å²) in [6.45, 7) is 1.87. The van der Waals surface area contributed by atoms with Crippen LogP contribution in [0, 0.1) is 0 Å². The maximum absolute atomic E-state index is 12.2. The molecule has 1 aromatic carbocycles. The lowest BCUT2D eigenvalue weighted by Gasteiger charge is -2.26. The van der Waals surface area contributed by atoms with E-state index in [1.54, 1.807) is 0 Å². The van der Waals surface area contributed by atoms with Crippen molar-refractivity contribution in [2.24, 2.45) is 0 Å². The summed E-state index contributed by atoms with van der Waals surface area (Å²) in [5.41, 5.74) is 2.19. The van der Waals surface area contributed by atoms with Crippen molar-refractivity contribution in [3.8, 4) is 0 Å². The lowest BCUT2D eigenvalue weighted by molar-refractivity contribution is -0.117. The molecule has 1 aromatic rings. The number of hydrogen-bond donors (Lipinski definition) is 1. The van der Waals surface area contributed by atoms with Crippen LogP contribution in [0.15, 0.2) is 30.3 Å². The van der Waals surface area contributed by atoms with Crippen molar-refractivity contribution in [1.82, 2.24) is 5.32 Å². The fourth-order valence-electron chi connectivity index (χ4n) is 2.74. The minimum Gasteiger partial charge on any atom is -0.312 e. The molecule has 2 heterocycles. The second-order valence-electron chi connectivity index (χ2n) is 4.96. The monoisotopic (exact) mass is 242 g/mol. The smallest absolute Gasteiger partial charge is 0.230 e. The fourth-order valence-corrected chi connectivity index (χ4v) is 2.74. The molecule has 3 rings (SSSR count). The Hall–Kier alpha value is -1.61. The zero-order valence-corrected chi connectivity index (χ0v) is 10.4. The third kappa shape index (κ3) is 2.18. The molecule has 2 aliphatic rings. The van der Waals surface area contributed by atoms with Gasteiger partial charge in [0.2, 0.25) is 5.91 Å². The Morgan fingerprint density at radius 2 is 2.22 bits per heavy atom. The van der Waals surface area contributed by atoms with Gasteiger partial charge in [-0.25, -0.2) is 0 Å². The average molecular weight is 242 g/mol. The number of para-hydroxylation sites is 1. The first-order valence-corrected chi connectivity index (χ1v) is 6.64. The van der Waals surface area contributed by atoms with Gasteiger partial charge in [0.25, 0.3) is 0 Å². The maximum atomic E-state index is 12.2. The van der Waals surface area contributed by atoms with Gasteiger partial charge in [-0.05, 0) is 31.0 Å². The lowest BCUT2D eigenvalue weighted by atomic mass is 10.1. The number of fused-ring (bicyclic) bond motifs is 1. The third-order valence-electron chi connectivity index (χ3n) is 3.68. The van der Waals surface area contributed by atoms with E-state index in [4.69, 9.17) is 0 Å². The molecule has 1 atom stereocenters. The van der Waals surface area contributed by atoms with Crippen molar-refractivity contribution in [3.05, 3.63) is 35.9 Å². The van der Waals surface area contributed by atoms with Gasteiger partial charge >= 0.3 is 0 Å². The SMILES string of the molecule is O=C1CC=Cc2ccccc2N1CC1CCCN1. The lowest BCUT2D eigenvalue weighted by Crippen LogP contribution is -2.41. The Bertz CT molecular complexity index is 475. The number of nitrogens with one attached hydrogen (secondary N) is 1. The minimum absolute atomic E-state index is 0.199. The molecule has 0 aliphatic carbocycles. The van der Waals surface area contributed by atoms with Crippen LogP contribution in [0.25, 0.3) is 6.08 Å². The van der Waals surface area contributed by atoms with E-state index in [2.05, 4.69) is 17.5 Å². The van der Waals surface area contributed by atoms with Crippen LogP contribution < -0.4 is 10.2 Å². The molecule has 0 bridgehead atoms. The normalized spacial score (nSPS) is 23.0. The third-order valence-corrected chi connectivity index (χ3v) is 3.68. The van der Waals surface area contributed by atoms with Crippen LogP contribution >= 0.6 is 0 Å². The second kappa shape index (κ2) is 4.94. The van der Waals surface area contributed by atoms with Crippen molar-refractivity contribution in [2.75, 3.05) is 18.0 Å². The van der Waals surface area contributed by atoms with Gasteiger partial charge in [-0.1, -0.05) is 30.4 Å². The van der Waals surface area contributed by atoms with Crippen LogP contribution in [0.2, 0.25) is 0 Å². The Kier molecular flexibility index (Phi) is 3.15. The molecule has 3 nitrogen and oxygen atoms in total. The molecule has 0 saturated carbocycles. The van der Waals surface area contributed by atoms with Gasteiger partial charge < -0.3 is 10.2 Å². The number of rotatable bonds is 2.